The molecule has 18 heavy (non-hydrogen) atoms. The molecule has 0 radical (unpaired) electrons. The number of rotatable bonds is 7. The fraction of sp³-hybridized carbons (Fsp3) is 0.500. The average Bonchev–Trinajstić information content (AvgIpc) is 2.29. The van der Waals surface area contributed by atoms with Crippen LogP contribution in [-0.2, 0) is 11.2 Å². The highest BCUT2D eigenvalue weighted by Crippen LogP contribution is 2.12. The fourth-order valence-electron chi connectivity index (χ4n) is 1.85. The summed E-state index contributed by atoms with van der Waals surface area (Å²) in [6.07, 6.45) is 0.791. The van der Waals surface area contributed by atoms with Gasteiger partial charge in [-0.25, -0.2) is 0 Å². The van der Waals surface area contributed by atoms with Gasteiger partial charge in [-0.3, -0.25) is 4.79 Å². The van der Waals surface area contributed by atoms with E-state index < -0.39 is 0 Å². The van der Waals surface area contributed by atoms with Crippen LogP contribution in [0.3, 0.4) is 0 Å². The van der Waals surface area contributed by atoms with E-state index in [9.17, 15) is 4.79 Å². The van der Waals surface area contributed by atoms with Crippen LogP contribution in [0, 0.1) is 0 Å². The maximum atomic E-state index is 11.7. The molecule has 0 aliphatic heterocycles. The molecule has 0 atom stereocenters. The highest BCUT2D eigenvalue weighted by molar-refractivity contribution is 5.78. The smallest absolute Gasteiger partial charge is 0.234 e. The first kappa shape index (κ1) is 14.7. The largest absolute Gasteiger partial charge is 0.395 e. The lowest BCUT2D eigenvalue weighted by molar-refractivity contribution is -0.121. The lowest BCUT2D eigenvalue weighted by Crippen LogP contribution is -2.48. The van der Waals surface area contributed by atoms with Crippen LogP contribution in [0.15, 0.2) is 30.3 Å². The second-order valence-corrected chi connectivity index (χ2v) is 4.99. The second kappa shape index (κ2) is 7.13. The van der Waals surface area contributed by atoms with Crippen molar-refractivity contribution < 1.29 is 9.90 Å². The molecule has 4 nitrogen and oxygen atoms in total. The summed E-state index contributed by atoms with van der Waals surface area (Å²) in [6, 6.07) is 10.1. The number of aliphatic hydroxyl groups is 1. The molecule has 0 fully saturated rings. The summed E-state index contributed by atoms with van der Waals surface area (Å²) < 4.78 is 0. The van der Waals surface area contributed by atoms with Crippen LogP contribution in [0.25, 0.3) is 0 Å². The van der Waals surface area contributed by atoms with Gasteiger partial charge in [0.15, 0.2) is 0 Å². The van der Waals surface area contributed by atoms with E-state index in [1.54, 1.807) is 0 Å². The Morgan fingerprint density at radius 1 is 1.28 bits per heavy atom. The van der Waals surface area contributed by atoms with Gasteiger partial charge in [0.05, 0.1) is 13.2 Å². The molecule has 0 aromatic heterocycles. The predicted molar refractivity (Wildman–Crippen MR) is 72.3 cm³/mol. The highest BCUT2D eigenvalue weighted by Gasteiger charge is 2.20. The molecule has 1 aromatic carbocycles. The van der Waals surface area contributed by atoms with E-state index in [1.165, 1.54) is 5.56 Å². The summed E-state index contributed by atoms with van der Waals surface area (Å²) in [4.78, 5) is 11.7. The fourth-order valence-corrected chi connectivity index (χ4v) is 1.85. The Balaban J connectivity index is 2.41. The summed E-state index contributed by atoms with van der Waals surface area (Å²) in [6.45, 7) is 4.72. The van der Waals surface area contributed by atoms with Crippen LogP contribution in [0.5, 0.6) is 0 Å². The van der Waals surface area contributed by atoms with E-state index in [0.29, 0.717) is 6.54 Å². The molecule has 1 aromatic rings. The van der Waals surface area contributed by atoms with Crippen molar-refractivity contribution >= 4 is 5.91 Å². The number of carbonyl (C=O) groups is 1. The number of hydrogen-bond acceptors (Lipinski definition) is 3. The molecule has 3 N–H and O–H groups in total. The van der Waals surface area contributed by atoms with Crippen molar-refractivity contribution in [2.24, 2.45) is 0 Å². The third-order valence-corrected chi connectivity index (χ3v) is 2.54. The van der Waals surface area contributed by atoms with Gasteiger partial charge in [-0.1, -0.05) is 30.3 Å². The van der Waals surface area contributed by atoms with Gasteiger partial charge in [0.1, 0.15) is 0 Å². The maximum absolute atomic E-state index is 11.7. The standard InChI is InChI=1S/C14H22N2O2/c1-14(2,10-12-6-4-3-5-7-12)16-13(18)11-15-8-9-17/h3-7,15,17H,8-11H2,1-2H3,(H,16,18). The first-order valence-electron chi connectivity index (χ1n) is 6.20. The first-order valence-corrected chi connectivity index (χ1v) is 6.20. The average molecular weight is 250 g/mol. The lowest BCUT2D eigenvalue weighted by atomic mass is 9.95. The zero-order valence-electron chi connectivity index (χ0n) is 11.1. The molecule has 0 spiro atoms. The molecule has 0 saturated heterocycles. The van der Waals surface area contributed by atoms with Gasteiger partial charge in [0.25, 0.3) is 0 Å². The van der Waals surface area contributed by atoms with Crippen molar-refractivity contribution in [1.82, 2.24) is 10.6 Å². The maximum Gasteiger partial charge on any atom is 0.234 e. The Kier molecular flexibility index (Phi) is 5.82. The molecule has 1 amide bonds. The minimum atomic E-state index is -0.278. The van der Waals surface area contributed by atoms with Gasteiger partial charge in [-0.15, -0.1) is 0 Å². The summed E-state index contributed by atoms with van der Waals surface area (Å²) in [5, 5.41) is 14.5. The molecule has 0 aliphatic carbocycles. The Hall–Kier alpha value is -1.39. The number of benzene rings is 1. The van der Waals surface area contributed by atoms with Crippen molar-refractivity contribution in [1.29, 1.82) is 0 Å². The highest BCUT2D eigenvalue weighted by atomic mass is 16.3. The monoisotopic (exact) mass is 250 g/mol. The molecular formula is C14H22N2O2. The molecule has 4 heteroatoms. The van der Waals surface area contributed by atoms with Crippen LogP contribution in [0.2, 0.25) is 0 Å². The van der Waals surface area contributed by atoms with Gasteiger partial charge in [-0.05, 0) is 25.8 Å². The predicted octanol–water partition coefficient (Wildman–Crippen LogP) is 0.706. The molecule has 0 bridgehead atoms. The Morgan fingerprint density at radius 3 is 2.56 bits per heavy atom. The molecule has 100 valence electrons. The van der Waals surface area contributed by atoms with Crippen LogP contribution < -0.4 is 10.6 Å². The van der Waals surface area contributed by atoms with E-state index in [-0.39, 0.29) is 24.6 Å². The number of nitrogens with one attached hydrogen (secondary N) is 2. The Labute approximate surface area is 108 Å². The van der Waals surface area contributed by atoms with Crippen molar-refractivity contribution in [3.8, 4) is 0 Å². The quantitative estimate of drug-likeness (QED) is 0.624. The molecule has 1 rings (SSSR count). The topological polar surface area (TPSA) is 61.4 Å². The zero-order chi connectivity index (χ0) is 13.4. The summed E-state index contributed by atoms with van der Waals surface area (Å²) in [7, 11) is 0. The second-order valence-electron chi connectivity index (χ2n) is 4.99. The third kappa shape index (κ3) is 5.80. The lowest BCUT2D eigenvalue weighted by Gasteiger charge is -2.26. The Bertz CT molecular complexity index is 363. The minimum Gasteiger partial charge on any atom is -0.395 e. The zero-order valence-corrected chi connectivity index (χ0v) is 11.1. The SMILES string of the molecule is CC(C)(Cc1ccccc1)NC(=O)CNCCO. The van der Waals surface area contributed by atoms with Crippen molar-refractivity contribution in [3.63, 3.8) is 0 Å². The van der Waals surface area contributed by atoms with Crippen molar-refractivity contribution in [2.45, 2.75) is 25.8 Å². The molecule has 0 saturated carbocycles. The van der Waals surface area contributed by atoms with E-state index in [1.807, 2.05) is 32.0 Å². The normalized spacial score (nSPS) is 11.3. The van der Waals surface area contributed by atoms with Crippen LogP contribution >= 0.6 is 0 Å². The van der Waals surface area contributed by atoms with E-state index in [2.05, 4.69) is 22.8 Å². The van der Waals surface area contributed by atoms with Crippen molar-refractivity contribution in [3.05, 3.63) is 35.9 Å². The van der Waals surface area contributed by atoms with E-state index in [4.69, 9.17) is 5.11 Å². The van der Waals surface area contributed by atoms with Gasteiger partial charge in [0.2, 0.25) is 5.91 Å². The van der Waals surface area contributed by atoms with Crippen LogP contribution in [-0.4, -0.2) is 36.2 Å². The third-order valence-electron chi connectivity index (χ3n) is 2.54. The summed E-state index contributed by atoms with van der Waals surface area (Å²) in [5.74, 6) is -0.0515. The number of hydrogen-bond donors (Lipinski definition) is 3. The summed E-state index contributed by atoms with van der Waals surface area (Å²) in [5.41, 5.74) is 0.922. The van der Waals surface area contributed by atoms with Crippen molar-refractivity contribution in [2.75, 3.05) is 19.7 Å². The number of amides is 1. The number of aliphatic hydroxyl groups excluding tert-OH is 1. The molecule has 0 unspecified atom stereocenters. The molecular weight excluding hydrogens is 228 g/mol. The van der Waals surface area contributed by atoms with Crippen LogP contribution in [0.1, 0.15) is 19.4 Å². The first-order chi connectivity index (χ1) is 8.53. The number of carbonyl (C=O) groups excluding carboxylic acids is 1. The van der Waals surface area contributed by atoms with Gasteiger partial charge in [0, 0.05) is 12.1 Å². The van der Waals surface area contributed by atoms with Gasteiger partial charge in [-0.2, -0.15) is 0 Å². The Morgan fingerprint density at radius 2 is 1.94 bits per heavy atom. The molecule has 0 aliphatic rings. The summed E-state index contributed by atoms with van der Waals surface area (Å²) >= 11 is 0. The van der Waals surface area contributed by atoms with Gasteiger partial charge >= 0.3 is 0 Å². The minimum absolute atomic E-state index is 0.0423. The van der Waals surface area contributed by atoms with Crippen LogP contribution in [0.4, 0.5) is 0 Å². The van der Waals surface area contributed by atoms with E-state index in [0.717, 1.165) is 6.42 Å². The van der Waals surface area contributed by atoms with E-state index >= 15 is 0 Å². The van der Waals surface area contributed by atoms with Gasteiger partial charge < -0.3 is 15.7 Å². The molecule has 0 heterocycles.